The van der Waals surface area contributed by atoms with E-state index < -0.39 is 0 Å². The van der Waals surface area contributed by atoms with Gasteiger partial charge in [0.2, 0.25) is 0 Å². The van der Waals surface area contributed by atoms with Crippen LogP contribution in [0.1, 0.15) is 51.9 Å². The van der Waals surface area contributed by atoms with Crippen molar-refractivity contribution in [3.63, 3.8) is 0 Å². The maximum absolute atomic E-state index is 3.63. The second-order valence-electron chi connectivity index (χ2n) is 5.52. The van der Waals surface area contributed by atoms with Crippen molar-refractivity contribution >= 4 is 11.9 Å². The molecule has 1 aliphatic heterocycles. The van der Waals surface area contributed by atoms with Crippen molar-refractivity contribution in [2.45, 2.75) is 57.1 Å². The van der Waals surface area contributed by atoms with Crippen LogP contribution in [-0.4, -0.2) is 42.9 Å². The zero-order valence-electron chi connectivity index (χ0n) is 13.6. The van der Waals surface area contributed by atoms with Gasteiger partial charge in [-0.3, -0.25) is 11.8 Å². The summed E-state index contributed by atoms with van der Waals surface area (Å²) >= 11 is 1.96. The van der Waals surface area contributed by atoms with Gasteiger partial charge in [0.15, 0.2) is 0 Å². The number of likely N-dealkylation sites (tertiary alicyclic amines) is 1. The zero-order chi connectivity index (χ0) is 13.8. The van der Waals surface area contributed by atoms with Gasteiger partial charge in [0.25, 0.3) is 0 Å². The molecule has 5 heteroatoms. The van der Waals surface area contributed by atoms with Gasteiger partial charge in [-0.1, -0.05) is 44.6 Å². The summed E-state index contributed by atoms with van der Waals surface area (Å²) < 4.78 is 3.53. The van der Waals surface area contributed by atoms with E-state index in [0.29, 0.717) is 0 Å². The molecule has 0 bridgehead atoms. The molecule has 1 heterocycles. The minimum absolute atomic E-state index is 0. The molecule has 0 aliphatic carbocycles. The second-order valence-corrected chi connectivity index (χ2v) is 6.71. The molecule has 3 nitrogen and oxygen atoms in total. The molecule has 0 saturated carbocycles. The SMILES string of the molecule is [CH2-]NCCCCCCCCNSC1CN(CCC)C1.[K+]. The molecule has 0 amide bonds. The van der Waals surface area contributed by atoms with E-state index in [1.807, 2.05) is 11.9 Å². The Morgan fingerprint density at radius 1 is 1.05 bits per heavy atom. The number of unbranched alkanes of at least 4 members (excludes halogenated alkanes) is 5. The van der Waals surface area contributed by atoms with E-state index >= 15 is 0 Å². The van der Waals surface area contributed by atoms with Gasteiger partial charge in [-0.25, -0.2) is 0 Å². The van der Waals surface area contributed by atoms with Gasteiger partial charge < -0.3 is 10.2 Å². The largest absolute Gasteiger partial charge is 1.00 e. The Morgan fingerprint density at radius 3 is 2.25 bits per heavy atom. The average molecular weight is 326 g/mol. The summed E-state index contributed by atoms with van der Waals surface area (Å²) in [6, 6.07) is 0. The van der Waals surface area contributed by atoms with E-state index in [4.69, 9.17) is 0 Å². The molecule has 1 fully saturated rings. The maximum Gasteiger partial charge on any atom is 1.00 e. The molecular formula is C15H32KN3S. The van der Waals surface area contributed by atoms with Gasteiger partial charge in [-0.2, -0.15) is 0 Å². The van der Waals surface area contributed by atoms with Crippen molar-refractivity contribution in [3.8, 4) is 0 Å². The summed E-state index contributed by atoms with van der Waals surface area (Å²) in [6.45, 7) is 8.34. The van der Waals surface area contributed by atoms with Gasteiger partial charge in [-0.05, 0) is 32.4 Å². The van der Waals surface area contributed by atoms with Crippen LogP contribution in [0.5, 0.6) is 0 Å². The molecule has 114 valence electrons. The van der Waals surface area contributed by atoms with E-state index in [-0.39, 0.29) is 51.4 Å². The Hall–Kier alpha value is 1.87. The standard InChI is InChI=1S/C15H32N3S.K/c1-3-12-18-13-15(14-18)19-17-11-9-7-5-4-6-8-10-16-2;/h15-17H,2-14H2,1H3;/q-1;+1. The molecule has 20 heavy (non-hydrogen) atoms. The van der Waals surface area contributed by atoms with Crippen LogP contribution in [0.25, 0.3) is 0 Å². The second kappa shape index (κ2) is 15.8. The van der Waals surface area contributed by atoms with Gasteiger partial charge in [0.05, 0.1) is 0 Å². The molecule has 1 rings (SSSR count). The van der Waals surface area contributed by atoms with Gasteiger partial charge in [0, 0.05) is 24.9 Å². The number of rotatable bonds is 13. The number of nitrogens with zero attached hydrogens (tertiary/aromatic N) is 1. The molecule has 0 unspecified atom stereocenters. The normalized spacial score (nSPS) is 15.9. The minimum Gasteiger partial charge on any atom is -0.473 e. The van der Waals surface area contributed by atoms with Crippen LogP contribution in [0.15, 0.2) is 0 Å². The van der Waals surface area contributed by atoms with Crippen LogP contribution in [0.3, 0.4) is 0 Å². The molecule has 0 aromatic carbocycles. The molecule has 1 aliphatic rings. The topological polar surface area (TPSA) is 27.3 Å². The van der Waals surface area contributed by atoms with Crippen molar-refractivity contribution in [1.29, 1.82) is 0 Å². The first-order chi connectivity index (χ1) is 9.36. The molecule has 0 radical (unpaired) electrons. The van der Waals surface area contributed by atoms with Gasteiger partial charge >= 0.3 is 51.4 Å². The number of hydrogen-bond donors (Lipinski definition) is 2. The fourth-order valence-corrected chi connectivity index (χ4v) is 3.50. The Balaban J connectivity index is 0.00000361. The van der Waals surface area contributed by atoms with Crippen molar-refractivity contribution in [1.82, 2.24) is 14.9 Å². The summed E-state index contributed by atoms with van der Waals surface area (Å²) in [7, 11) is 3.63. The van der Waals surface area contributed by atoms with E-state index in [2.05, 4.69) is 28.9 Å². The molecule has 2 N–H and O–H groups in total. The zero-order valence-corrected chi connectivity index (χ0v) is 17.6. The number of nitrogens with one attached hydrogen (secondary N) is 2. The van der Waals surface area contributed by atoms with Gasteiger partial charge in [-0.15, -0.1) is 0 Å². The Morgan fingerprint density at radius 2 is 1.65 bits per heavy atom. The number of hydrogen-bond acceptors (Lipinski definition) is 4. The first-order valence-electron chi connectivity index (χ1n) is 7.97. The Kier molecular flexibility index (Phi) is 17.2. The van der Waals surface area contributed by atoms with Crippen LogP contribution in [0.2, 0.25) is 0 Å². The van der Waals surface area contributed by atoms with Gasteiger partial charge in [0.1, 0.15) is 0 Å². The van der Waals surface area contributed by atoms with E-state index in [1.54, 1.807) is 0 Å². The molecule has 0 aromatic rings. The Bertz CT molecular complexity index is 202. The predicted octanol–water partition coefficient (Wildman–Crippen LogP) is 0.0442. The molecule has 0 spiro atoms. The molecule has 0 atom stereocenters. The van der Waals surface area contributed by atoms with E-state index in [9.17, 15) is 0 Å². The predicted molar refractivity (Wildman–Crippen MR) is 87.2 cm³/mol. The fraction of sp³-hybridized carbons (Fsp3) is 0.933. The van der Waals surface area contributed by atoms with Crippen LogP contribution in [0.4, 0.5) is 0 Å². The summed E-state index contributed by atoms with van der Waals surface area (Å²) in [5.74, 6) is 0. The first kappa shape index (κ1) is 21.9. The van der Waals surface area contributed by atoms with Crippen LogP contribution < -0.4 is 61.4 Å². The van der Waals surface area contributed by atoms with Crippen LogP contribution in [0, 0.1) is 7.05 Å². The quantitative estimate of drug-likeness (QED) is 0.216. The van der Waals surface area contributed by atoms with Crippen LogP contribution >= 0.6 is 11.9 Å². The first-order valence-corrected chi connectivity index (χ1v) is 8.85. The third-order valence-electron chi connectivity index (χ3n) is 3.60. The van der Waals surface area contributed by atoms with Crippen molar-refractivity contribution < 1.29 is 51.4 Å². The van der Waals surface area contributed by atoms with Crippen molar-refractivity contribution in [2.24, 2.45) is 0 Å². The third-order valence-corrected chi connectivity index (χ3v) is 4.60. The smallest absolute Gasteiger partial charge is 0.473 e. The average Bonchev–Trinajstić information content (AvgIpc) is 2.37. The van der Waals surface area contributed by atoms with Crippen molar-refractivity contribution in [3.05, 3.63) is 7.05 Å². The van der Waals surface area contributed by atoms with Crippen molar-refractivity contribution in [2.75, 3.05) is 32.7 Å². The molecular weight excluding hydrogens is 293 g/mol. The Labute approximate surface area is 173 Å². The summed E-state index contributed by atoms with van der Waals surface area (Å²) in [5.41, 5.74) is 0. The monoisotopic (exact) mass is 325 g/mol. The third kappa shape index (κ3) is 11.4. The maximum atomic E-state index is 3.63. The van der Waals surface area contributed by atoms with E-state index in [1.165, 1.54) is 71.1 Å². The van der Waals surface area contributed by atoms with Crippen LogP contribution in [-0.2, 0) is 0 Å². The van der Waals surface area contributed by atoms with E-state index in [0.717, 1.165) is 11.8 Å². The molecule has 1 saturated heterocycles. The summed E-state index contributed by atoms with van der Waals surface area (Å²) in [4.78, 5) is 2.54. The molecule has 0 aromatic heterocycles. The summed E-state index contributed by atoms with van der Waals surface area (Å²) in [6.07, 6.45) is 9.37. The fourth-order valence-electron chi connectivity index (χ4n) is 2.43. The minimum atomic E-state index is 0. The summed E-state index contributed by atoms with van der Waals surface area (Å²) in [5, 5.41) is 3.79.